The van der Waals surface area contributed by atoms with Gasteiger partial charge in [0.05, 0.1) is 5.56 Å². The van der Waals surface area contributed by atoms with E-state index < -0.39 is 5.97 Å². The van der Waals surface area contributed by atoms with Gasteiger partial charge in [-0.25, -0.2) is 4.79 Å². The fraction of sp³-hybridized carbons (Fsp3) is 0.316. The van der Waals surface area contributed by atoms with Crippen molar-refractivity contribution < 1.29 is 9.90 Å². The van der Waals surface area contributed by atoms with Gasteiger partial charge in [-0.1, -0.05) is 44.2 Å². The molecular weight excluding hydrogens is 288 g/mol. The first-order valence-electron chi connectivity index (χ1n) is 7.97. The van der Waals surface area contributed by atoms with Crippen LogP contribution < -0.4 is 10.6 Å². The van der Waals surface area contributed by atoms with Crippen LogP contribution in [0.3, 0.4) is 0 Å². The molecule has 0 aliphatic heterocycles. The quantitative estimate of drug-likeness (QED) is 0.781. The minimum absolute atomic E-state index is 0.155. The molecule has 124 valence electrons. The number of rotatable bonds is 6. The summed E-state index contributed by atoms with van der Waals surface area (Å²) in [5, 5.41) is 8.49. The van der Waals surface area contributed by atoms with E-state index in [4.69, 9.17) is 10.8 Å². The normalized spacial score (nSPS) is 9.65. The fourth-order valence-corrected chi connectivity index (χ4v) is 2.24. The molecule has 2 rings (SSSR count). The molecule has 0 aromatic heterocycles. The maximum Gasteiger partial charge on any atom is 0.337 e. The minimum Gasteiger partial charge on any atom is -0.478 e. The van der Waals surface area contributed by atoms with Crippen molar-refractivity contribution in [3.63, 3.8) is 0 Å². The Morgan fingerprint density at radius 3 is 1.91 bits per heavy atom. The third-order valence-corrected chi connectivity index (χ3v) is 3.30. The number of carbonyl (C=O) groups is 1. The number of anilines is 2. The number of para-hydroxylation sites is 2. The molecule has 3 N–H and O–H groups in total. The third-order valence-electron chi connectivity index (χ3n) is 3.30. The average molecular weight is 314 g/mol. The molecule has 4 heteroatoms. The van der Waals surface area contributed by atoms with Gasteiger partial charge in [-0.2, -0.15) is 0 Å². The molecule has 0 atom stereocenters. The summed E-state index contributed by atoms with van der Waals surface area (Å²) < 4.78 is 0. The van der Waals surface area contributed by atoms with Gasteiger partial charge < -0.3 is 15.7 Å². The molecule has 0 fully saturated rings. The maximum atomic E-state index is 10.3. The lowest BCUT2D eigenvalue weighted by atomic mass is 10.2. The second kappa shape index (κ2) is 10.3. The van der Waals surface area contributed by atoms with Crippen LogP contribution in [0.2, 0.25) is 0 Å². The maximum absolute atomic E-state index is 10.3. The Morgan fingerprint density at radius 2 is 1.48 bits per heavy atom. The Balaban J connectivity index is 0.000000238. The summed E-state index contributed by atoms with van der Waals surface area (Å²) in [7, 11) is 0. The Hall–Kier alpha value is -2.49. The lowest BCUT2D eigenvalue weighted by Gasteiger charge is -2.23. The zero-order valence-electron chi connectivity index (χ0n) is 13.9. The van der Waals surface area contributed by atoms with Crippen LogP contribution in [0.15, 0.2) is 54.6 Å². The van der Waals surface area contributed by atoms with Gasteiger partial charge in [-0.05, 0) is 37.1 Å². The monoisotopic (exact) mass is 314 g/mol. The van der Waals surface area contributed by atoms with Crippen LogP contribution >= 0.6 is 0 Å². The van der Waals surface area contributed by atoms with Gasteiger partial charge in [-0.3, -0.25) is 0 Å². The van der Waals surface area contributed by atoms with Crippen molar-refractivity contribution in [3.8, 4) is 0 Å². The number of carboxylic acids is 1. The first-order chi connectivity index (χ1) is 11.1. The number of benzene rings is 2. The number of carboxylic acid groups (broad SMARTS) is 1. The van der Waals surface area contributed by atoms with Crippen LogP contribution in [-0.2, 0) is 0 Å². The van der Waals surface area contributed by atoms with Gasteiger partial charge in [0.15, 0.2) is 0 Å². The van der Waals surface area contributed by atoms with E-state index in [1.165, 1.54) is 24.6 Å². The highest BCUT2D eigenvalue weighted by Gasteiger charge is 2.04. The van der Waals surface area contributed by atoms with E-state index in [-0.39, 0.29) is 5.56 Å². The molecule has 2 aromatic rings. The van der Waals surface area contributed by atoms with Crippen molar-refractivity contribution >= 4 is 17.3 Å². The summed E-state index contributed by atoms with van der Waals surface area (Å²) in [5.74, 6) is -0.988. The highest BCUT2D eigenvalue weighted by molar-refractivity contribution is 5.93. The summed E-state index contributed by atoms with van der Waals surface area (Å²) >= 11 is 0. The molecule has 0 saturated heterocycles. The second-order valence-electron chi connectivity index (χ2n) is 5.22. The van der Waals surface area contributed by atoms with E-state index in [2.05, 4.69) is 49.1 Å². The Morgan fingerprint density at radius 1 is 0.957 bits per heavy atom. The Bertz CT molecular complexity index is 579. The number of nitrogens with zero attached hydrogens (tertiary/aromatic N) is 1. The predicted molar refractivity (Wildman–Crippen MR) is 97.1 cm³/mol. The molecule has 0 radical (unpaired) electrons. The molecule has 0 aliphatic carbocycles. The smallest absolute Gasteiger partial charge is 0.337 e. The molecule has 0 heterocycles. The molecule has 0 spiro atoms. The summed E-state index contributed by atoms with van der Waals surface area (Å²) in [6.07, 6.45) is 2.43. The van der Waals surface area contributed by atoms with Gasteiger partial charge in [0.2, 0.25) is 0 Å². The van der Waals surface area contributed by atoms with E-state index in [0.29, 0.717) is 5.69 Å². The van der Waals surface area contributed by atoms with Crippen LogP contribution in [0.5, 0.6) is 0 Å². The molecule has 4 nitrogen and oxygen atoms in total. The zero-order chi connectivity index (χ0) is 17.1. The summed E-state index contributed by atoms with van der Waals surface area (Å²) in [5.41, 5.74) is 7.15. The summed E-state index contributed by atoms with van der Waals surface area (Å²) in [4.78, 5) is 12.8. The van der Waals surface area contributed by atoms with Crippen LogP contribution in [0, 0.1) is 0 Å². The SMILES string of the molecule is CCCN(CCC)c1ccccc1.Nc1ccccc1C(=O)O. The van der Waals surface area contributed by atoms with E-state index in [9.17, 15) is 4.79 Å². The molecule has 0 aliphatic rings. The molecule has 0 unspecified atom stereocenters. The summed E-state index contributed by atoms with van der Waals surface area (Å²) in [6, 6.07) is 17.0. The predicted octanol–water partition coefficient (Wildman–Crippen LogP) is 4.28. The average Bonchev–Trinajstić information content (AvgIpc) is 2.56. The zero-order valence-corrected chi connectivity index (χ0v) is 13.9. The molecule has 0 bridgehead atoms. The number of nitrogen functional groups attached to an aromatic ring is 1. The molecule has 23 heavy (non-hydrogen) atoms. The Kier molecular flexibility index (Phi) is 8.29. The number of hydrogen-bond donors (Lipinski definition) is 2. The highest BCUT2D eigenvalue weighted by Crippen LogP contribution is 2.13. The van der Waals surface area contributed by atoms with Crippen molar-refractivity contribution in [1.29, 1.82) is 0 Å². The van der Waals surface area contributed by atoms with E-state index in [0.717, 1.165) is 13.1 Å². The second-order valence-corrected chi connectivity index (χ2v) is 5.22. The van der Waals surface area contributed by atoms with Gasteiger partial charge in [0.1, 0.15) is 0 Å². The van der Waals surface area contributed by atoms with E-state index in [1.54, 1.807) is 18.2 Å². The largest absolute Gasteiger partial charge is 0.478 e. The van der Waals surface area contributed by atoms with Crippen molar-refractivity contribution in [2.24, 2.45) is 0 Å². The topological polar surface area (TPSA) is 66.6 Å². The standard InChI is InChI=1S/C12H19N.C7H7NO2/c1-3-10-13(11-4-2)12-8-6-5-7-9-12;8-6-4-2-1-3-5(6)7(9)10/h5-9H,3-4,10-11H2,1-2H3;1-4H,8H2,(H,9,10). The van der Waals surface area contributed by atoms with Crippen LogP contribution in [0.4, 0.5) is 11.4 Å². The van der Waals surface area contributed by atoms with Gasteiger partial charge in [0, 0.05) is 24.5 Å². The molecule has 2 aromatic carbocycles. The van der Waals surface area contributed by atoms with Crippen molar-refractivity contribution in [2.75, 3.05) is 23.7 Å². The van der Waals surface area contributed by atoms with E-state index >= 15 is 0 Å². The third kappa shape index (κ3) is 6.43. The fourth-order valence-electron chi connectivity index (χ4n) is 2.24. The summed E-state index contributed by atoms with van der Waals surface area (Å²) in [6.45, 7) is 6.78. The first kappa shape index (κ1) is 18.6. The van der Waals surface area contributed by atoms with Crippen LogP contribution in [0.1, 0.15) is 37.0 Å². The van der Waals surface area contributed by atoms with Gasteiger partial charge in [0.25, 0.3) is 0 Å². The Labute approximate surface area is 138 Å². The van der Waals surface area contributed by atoms with Crippen LogP contribution in [-0.4, -0.2) is 24.2 Å². The lowest BCUT2D eigenvalue weighted by Crippen LogP contribution is -2.24. The first-order valence-corrected chi connectivity index (χ1v) is 7.97. The van der Waals surface area contributed by atoms with E-state index in [1.807, 2.05) is 0 Å². The molecule has 0 amide bonds. The van der Waals surface area contributed by atoms with Crippen LogP contribution in [0.25, 0.3) is 0 Å². The number of hydrogen-bond acceptors (Lipinski definition) is 3. The van der Waals surface area contributed by atoms with Gasteiger partial charge in [-0.15, -0.1) is 0 Å². The van der Waals surface area contributed by atoms with Gasteiger partial charge >= 0.3 is 5.97 Å². The molecule has 0 saturated carbocycles. The number of aromatic carboxylic acids is 1. The van der Waals surface area contributed by atoms with Crippen molar-refractivity contribution in [1.82, 2.24) is 0 Å². The minimum atomic E-state index is -0.988. The highest BCUT2D eigenvalue weighted by atomic mass is 16.4. The lowest BCUT2D eigenvalue weighted by molar-refractivity contribution is 0.0698. The molecular formula is C19H26N2O2. The number of nitrogens with two attached hydrogens (primary N) is 1. The van der Waals surface area contributed by atoms with Crippen molar-refractivity contribution in [3.05, 3.63) is 60.2 Å². The van der Waals surface area contributed by atoms with Crippen molar-refractivity contribution in [2.45, 2.75) is 26.7 Å².